The number of carbonyl (C=O) groups is 1. The van der Waals surface area contributed by atoms with Gasteiger partial charge in [-0.2, -0.15) is 0 Å². The predicted octanol–water partition coefficient (Wildman–Crippen LogP) is 3.58. The van der Waals surface area contributed by atoms with Crippen LogP contribution in [0.25, 0.3) is 0 Å². The first-order chi connectivity index (χ1) is 9.58. The lowest BCUT2D eigenvalue weighted by atomic mass is 10.1. The molecule has 2 amide bonds. The van der Waals surface area contributed by atoms with E-state index in [1.54, 1.807) is 6.20 Å². The fourth-order valence-electron chi connectivity index (χ4n) is 1.95. The first-order valence-corrected chi connectivity index (χ1v) is 6.62. The molecule has 2 N–H and O–H groups in total. The fourth-order valence-corrected chi connectivity index (χ4v) is 1.95. The summed E-state index contributed by atoms with van der Waals surface area (Å²) in [6.07, 6.45) is 1.72. The monoisotopic (exact) mass is 269 g/mol. The maximum atomic E-state index is 12.0. The number of hydrogen-bond acceptors (Lipinski definition) is 2. The van der Waals surface area contributed by atoms with Crippen LogP contribution in [-0.4, -0.2) is 11.0 Å². The number of urea groups is 1. The highest BCUT2D eigenvalue weighted by Gasteiger charge is 2.11. The topological polar surface area (TPSA) is 54.0 Å². The summed E-state index contributed by atoms with van der Waals surface area (Å²) < 4.78 is 0. The number of nitrogens with zero attached hydrogens (tertiary/aromatic N) is 1. The maximum Gasteiger partial charge on any atom is 0.319 e. The molecule has 0 aliphatic rings. The van der Waals surface area contributed by atoms with Crippen molar-refractivity contribution >= 4 is 11.7 Å². The van der Waals surface area contributed by atoms with Crippen molar-refractivity contribution in [2.75, 3.05) is 5.32 Å². The van der Waals surface area contributed by atoms with E-state index in [-0.39, 0.29) is 12.1 Å². The van der Waals surface area contributed by atoms with Gasteiger partial charge in [-0.1, -0.05) is 18.2 Å². The van der Waals surface area contributed by atoms with Crippen molar-refractivity contribution in [1.29, 1.82) is 0 Å². The van der Waals surface area contributed by atoms with Crippen LogP contribution in [0.3, 0.4) is 0 Å². The highest BCUT2D eigenvalue weighted by Crippen LogP contribution is 2.18. The van der Waals surface area contributed by atoms with Crippen molar-refractivity contribution in [2.24, 2.45) is 0 Å². The Bertz CT molecular complexity index is 596. The molecule has 0 aliphatic carbocycles. The Hall–Kier alpha value is -2.36. The lowest BCUT2D eigenvalue weighted by Crippen LogP contribution is -2.31. The Morgan fingerprint density at radius 2 is 1.95 bits per heavy atom. The van der Waals surface area contributed by atoms with Gasteiger partial charge in [-0.05, 0) is 50.1 Å². The average Bonchev–Trinajstić information content (AvgIpc) is 2.45. The van der Waals surface area contributed by atoms with Crippen LogP contribution >= 0.6 is 0 Å². The molecular weight excluding hydrogens is 250 g/mol. The molecule has 0 spiro atoms. The number of aromatic nitrogens is 1. The number of hydrogen-bond donors (Lipinski definition) is 2. The molecule has 104 valence electrons. The Labute approximate surface area is 119 Å². The minimum atomic E-state index is -0.225. The molecule has 4 heteroatoms. The number of carbonyl (C=O) groups excluding carboxylic acids is 1. The molecule has 0 aliphatic heterocycles. The van der Waals surface area contributed by atoms with Gasteiger partial charge < -0.3 is 10.6 Å². The van der Waals surface area contributed by atoms with Crippen molar-refractivity contribution in [3.63, 3.8) is 0 Å². The number of rotatable bonds is 3. The van der Waals surface area contributed by atoms with E-state index in [4.69, 9.17) is 0 Å². The number of aryl methyl sites for hydroxylation is 1. The van der Waals surface area contributed by atoms with E-state index in [0.717, 1.165) is 22.5 Å². The van der Waals surface area contributed by atoms with Crippen LogP contribution in [0.1, 0.15) is 29.8 Å². The van der Waals surface area contributed by atoms with Crippen LogP contribution in [0.4, 0.5) is 10.5 Å². The molecule has 1 atom stereocenters. The summed E-state index contributed by atoms with van der Waals surface area (Å²) in [5, 5.41) is 5.75. The van der Waals surface area contributed by atoms with E-state index in [1.165, 1.54) is 0 Å². The summed E-state index contributed by atoms with van der Waals surface area (Å²) in [6, 6.07) is 11.1. The molecule has 2 rings (SSSR count). The van der Waals surface area contributed by atoms with Gasteiger partial charge in [0.1, 0.15) is 0 Å². The standard InChI is InChI=1S/C16H19N3O/c1-11-7-6-9-14(12(11)2)19-16(20)18-13(3)15-8-4-5-10-17-15/h4-10,13H,1-3H3,(H2,18,19,20)/t13-/m0/s1. The molecule has 2 aromatic rings. The zero-order chi connectivity index (χ0) is 14.5. The largest absolute Gasteiger partial charge is 0.330 e. The minimum absolute atomic E-state index is 0.138. The van der Waals surface area contributed by atoms with Crippen molar-refractivity contribution in [3.05, 3.63) is 59.4 Å². The number of nitrogens with one attached hydrogen (secondary N) is 2. The quantitative estimate of drug-likeness (QED) is 0.894. The second kappa shape index (κ2) is 6.19. The third-order valence-electron chi connectivity index (χ3n) is 3.33. The summed E-state index contributed by atoms with van der Waals surface area (Å²) in [5.41, 5.74) is 3.90. The van der Waals surface area contributed by atoms with Crippen LogP contribution in [0, 0.1) is 13.8 Å². The summed E-state index contributed by atoms with van der Waals surface area (Å²) in [6.45, 7) is 5.92. The smallest absolute Gasteiger partial charge is 0.319 e. The molecule has 0 saturated heterocycles. The highest BCUT2D eigenvalue weighted by atomic mass is 16.2. The number of anilines is 1. The summed E-state index contributed by atoms with van der Waals surface area (Å²) in [5.74, 6) is 0. The van der Waals surface area contributed by atoms with Gasteiger partial charge in [0, 0.05) is 11.9 Å². The second-order valence-electron chi connectivity index (χ2n) is 4.82. The zero-order valence-electron chi connectivity index (χ0n) is 12.0. The summed E-state index contributed by atoms with van der Waals surface area (Å²) in [7, 11) is 0. The van der Waals surface area contributed by atoms with E-state index in [0.29, 0.717) is 0 Å². The van der Waals surface area contributed by atoms with Crippen LogP contribution in [-0.2, 0) is 0 Å². The maximum absolute atomic E-state index is 12.0. The molecule has 20 heavy (non-hydrogen) atoms. The lowest BCUT2D eigenvalue weighted by molar-refractivity contribution is 0.249. The SMILES string of the molecule is Cc1cccc(NC(=O)N[C@@H](C)c2ccccn2)c1C. The highest BCUT2D eigenvalue weighted by molar-refractivity contribution is 5.90. The van der Waals surface area contributed by atoms with Gasteiger partial charge in [-0.25, -0.2) is 4.79 Å². The van der Waals surface area contributed by atoms with Crippen molar-refractivity contribution in [3.8, 4) is 0 Å². The Kier molecular flexibility index (Phi) is 4.35. The van der Waals surface area contributed by atoms with E-state index >= 15 is 0 Å². The fraction of sp³-hybridized carbons (Fsp3) is 0.250. The lowest BCUT2D eigenvalue weighted by Gasteiger charge is -2.15. The Morgan fingerprint density at radius 1 is 1.15 bits per heavy atom. The number of amides is 2. The molecule has 0 fully saturated rings. The predicted molar refractivity (Wildman–Crippen MR) is 80.7 cm³/mol. The van der Waals surface area contributed by atoms with Gasteiger partial charge in [0.25, 0.3) is 0 Å². The van der Waals surface area contributed by atoms with Gasteiger partial charge in [0.2, 0.25) is 0 Å². The van der Waals surface area contributed by atoms with E-state index in [9.17, 15) is 4.79 Å². The van der Waals surface area contributed by atoms with Crippen molar-refractivity contribution in [1.82, 2.24) is 10.3 Å². The van der Waals surface area contributed by atoms with Gasteiger partial charge >= 0.3 is 6.03 Å². The molecule has 1 heterocycles. The van der Waals surface area contributed by atoms with Crippen LogP contribution < -0.4 is 10.6 Å². The molecular formula is C16H19N3O. The van der Waals surface area contributed by atoms with Crippen LogP contribution in [0.2, 0.25) is 0 Å². The van der Waals surface area contributed by atoms with E-state index in [1.807, 2.05) is 57.2 Å². The third-order valence-corrected chi connectivity index (χ3v) is 3.33. The van der Waals surface area contributed by atoms with Crippen LogP contribution in [0.5, 0.6) is 0 Å². The van der Waals surface area contributed by atoms with Gasteiger partial charge in [-0.15, -0.1) is 0 Å². The number of benzene rings is 1. The summed E-state index contributed by atoms with van der Waals surface area (Å²) in [4.78, 5) is 16.2. The molecule has 0 unspecified atom stereocenters. The Morgan fingerprint density at radius 3 is 2.65 bits per heavy atom. The molecule has 1 aromatic carbocycles. The molecule has 0 saturated carbocycles. The normalized spacial score (nSPS) is 11.8. The molecule has 1 aromatic heterocycles. The second-order valence-corrected chi connectivity index (χ2v) is 4.82. The molecule has 0 radical (unpaired) electrons. The first-order valence-electron chi connectivity index (χ1n) is 6.62. The average molecular weight is 269 g/mol. The van der Waals surface area contributed by atoms with E-state index in [2.05, 4.69) is 15.6 Å². The van der Waals surface area contributed by atoms with Gasteiger partial charge in [-0.3, -0.25) is 4.98 Å². The first kappa shape index (κ1) is 14.1. The number of pyridine rings is 1. The van der Waals surface area contributed by atoms with Gasteiger partial charge in [0.15, 0.2) is 0 Å². The molecule has 0 bridgehead atoms. The van der Waals surface area contributed by atoms with Crippen molar-refractivity contribution < 1.29 is 4.79 Å². The zero-order valence-corrected chi connectivity index (χ0v) is 12.0. The van der Waals surface area contributed by atoms with Gasteiger partial charge in [0.05, 0.1) is 11.7 Å². The van der Waals surface area contributed by atoms with E-state index < -0.39 is 0 Å². The van der Waals surface area contributed by atoms with Crippen LogP contribution in [0.15, 0.2) is 42.6 Å². The van der Waals surface area contributed by atoms with Crippen molar-refractivity contribution in [2.45, 2.75) is 26.8 Å². The minimum Gasteiger partial charge on any atom is -0.330 e. The molecule has 4 nitrogen and oxygen atoms in total. The third kappa shape index (κ3) is 3.35. The Balaban J connectivity index is 2.01. The summed E-state index contributed by atoms with van der Waals surface area (Å²) >= 11 is 0.